The highest BCUT2D eigenvalue weighted by atomic mass is 35.5. The van der Waals surface area contributed by atoms with Gasteiger partial charge in [-0.05, 0) is 30.7 Å². The number of aromatic nitrogens is 2. The maximum Gasteiger partial charge on any atom is 0.241 e. The van der Waals surface area contributed by atoms with E-state index in [0.29, 0.717) is 23.9 Å². The van der Waals surface area contributed by atoms with Gasteiger partial charge in [0.1, 0.15) is 12.4 Å². The fourth-order valence-electron chi connectivity index (χ4n) is 3.75. The van der Waals surface area contributed by atoms with Gasteiger partial charge in [0.05, 0.1) is 11.6 Å². The van der Waals surface area contributed by atoms with Crippen LogP contribution in [-0.4, -0.2) is 40.6 Å². The third-order valence-electron chi connectivity index (χ3n) is 5.36. The fraction of sp³-hybridized carbons (Fsp3) is 0.429. The number of rotatable bonds is 7. The molecule has 1 fully saturated rings. The standard InChI is InChI=1S/C21H24ClN5O3S/c1-2-7-23-18(28)10-27-20(16-11-31-12-17(16)25-27)24-21(30)13-8-19(29)26(9-13)15-5-3-14(22)4-6-15/h3-6,13H,2,7-12H2,1H3,(H,23,28)(H,24,30). The third-order valence-corrected chi connectivity index (χ3v) is 6.58. The fourth-order valence-corrected chi connectivity index (χ4v) is 4.91. The summed E-state index contributed by atoms with van der Waals surface area (Å²) in [5, 5.41) is 10.9. The maximum absolute atomic E-state index is 13.0. The Bertz CT molecular complexity index is 1010. The van der Waals surface area contributed by atoms with Gasteiger partial charge in [0.2, 0.25) is 17.7 Å². The van der Waals surface area contributed by atoms with Gasteiger partial charge in [-0.15, -0.1) is 0 Å². The molecule has 4 rings (SSSR count). The Morgan fingerprint density at radius 3 is 2.77 bits per heavy atom. The first-order chi connectivity index (χ1) is 15.0. The molecule has 2 aliphatic heterocycles. The Morgan fingerprint density at radius 1 is 1.26 bits per heavy atom. The molecule has 3 heterocycles. The van der Waals surface area contributed by atoms with Gasteiger partial charge in [-0.1, -0.05) is 18.5 Å². The van der Waals surface area contributed by atoms with Gasteiger partial charge in [-0.3, -0.25) is 14.4 Å². The van der Waals surface area contributed by atoms with Crippen LogP contribution in [0.25, 0.3) is 0 Å². The van der Waals surface area contributed by atoms with Crippen molar-refractivity contribution in [1.82, 2.24) is 15.1 Å². The molecule has 0 radical (unpaired) electrons. The van der Waals surface area contributed by atoms with Crippen molar-refractivity contribution < 1.29 is 14.4 Å². The molecule has 8 nitrogen and oxygen atoms in total. The van der Waals surface area contributed by atoms with E-state index in [9.17, 15) is 14.4 Å². The summed E-state index contributed by atoms with van der Waals surface area (Å²) in [6.45, 7) is 2.94. The monoisotopic (exact) mass is 461 g/mol. The minimum atomic E-state index is -0.481. The number of carbonyl (C=O) groups is 3. The lowest BCUT2D eigenvalue weighted by molar-refractivity contribution is -0.122. The van der Waals surface area contributed by atoms with E-state index in [1.165, 1.54) is 0 Å². The second kappa shape index (κ2) is 9.32. The predicted octanol–water partition coefficient (Wildman–Crippen LogP) is 2.80. The molecule has 2 aromatic rings. The van der Waals surface area contributed by atoms with E-state index in [1.807, 2.05) is 6.92 Å². The summed E-state index contributed by atoms with van der Waals surface area (Å²) in [5.74, 6) is 1.10. The summed E-state index contributed by atoms with van der Waals surface area (Å²) in [6, 6.07) is 6.99. The molecule has 0 spiro atoms. The zero-order valence-corrected chi connectivity index (χ0v) is 18.8. The normalized spacial score (nSPS) is 17.7. The summed E-state index contributed by atoms with van der Waals surface area (Å²) in [4.78, 5) is 39.4. The van der Waals surface area contributed by atoms with E-state index in [1.54, 1.807) is 45.6 Å². The van der Waals surface area contributed by atoms with Crippen molar-refractivity contribution in [2.45, 2.75) is 37.8 Å². The first kappa shape index (κ1) is 21.7. The zero-order chi connectivity index (χ0) is 22.0. The van der Waals surface area contributed by atoms with Gasteiger partial charge in [-0.25, -0.2) is 4.68 Å². The summed E-state index contributed by atoms with van der Waals surface area (Å²) >= 11 is 7.66. The SMILES string of the molecule is CCCNC(=O)Cn1nc2c(c1NC(=O)C1CC(=O)N(c3ccc(Cl)cc3)C1)CSC2. The van der Waals surface area contributed by atoms with Crippen LogP contribution in [0.1, 0.15) is 31.0 Å². The lowest BCUT2D eigenvalue weighted by Gasteiger charge is -2.17. The molecule has 2 aliphatic rings. The van der Waals surface area contributed by atoms with E-state index in [0.717, 1.165) is 34.9 Å². The van der Waals surface area contributed by atoms with Crippen LogP contribution in [0, 0.1) is 5.92 Å². The highest BCUT2D eigenvalue weighted by molar-refractivity contribution is 7.98. The Morgan fingerprint density at radius 2 is 2.03 bits per heavy atom. The van der Waals surface area contributed by atoms with Crippen molar-refractivity contribution in [3.63, 3.8) is 0 Å². The highest BCUT2D eigenvalue weighted by Crippen LogP contribution is 2.35. The number of hydrogen-bond donors (Lipinski definition) is 2. The number of nitrogens with zero attached hydrogens (tertiary/aromatic N) is 3. The molecule has 0 bridgehead atoms. The molecular weight excluding hydrogens is 438 g/mol. The lowest BCUT2D eigenvalue weighted by atomic mass is 10.1. The lowest BCUT2D eigenvalue weighted by Crippen LogP contribution is -2.31. The van der Waals surface area contributed by atoms with Gasteiger partial charge in [0.15, 0.2) is 0 Å². The molecule has 1 saturated heterocycles. The number of amides is 3. The first-order valence-electron chi connectivity index (χ1n) is 10.3. The number of hydrogen-bond acceptors (Lipinski definition) is 5. The van der Waals surface area contributed by atoms with Crippen molar-refractivity contribution in [2.75, 3.05) is 23.3 Å². The number of anilines is 2. The third kappa shape index (κ3) is 4.72. The van der Waals surface area contributed by atoms with Crippen LogP contribution in [-0.2, 0) is 32.4 Å². The van der Waals surface area contributed by atoms with Crippen LogP contribution in [0.5, 0.6) is 0 Å². The molecule has 0 saturated carbocycles. The molecule has 1 atom stereocenters. The molecule has 1 aromatic heterocycles. The minimum absolute atomic E-state index is 0.0494. The molecule has 3 amide bonds. The van der Waals surface area contributed by atoms with Gasteiger partial charge in [0.25, 0.3) is 0 Å². The van der Waals surface area contributed by atoms with Crippen LogP contribution in [0.3, 0.4) is 0 Å². The first-order valence-corrected chi connectivity index (χ1v) is 11.8. The van der Waals surface area contributed by atoms with Gasteiger partial charge in [-0.2, -0.15) is 16.9 Å². The molecule has 1 aromatic carbocycles. The van der Waals surface area contributed by atoms with E-state index in [2.05, 4.69) is 15.7 Å². The number of fused-ring (bicyclic) bond motifs is 1. The average Bonchev–Trinajstić information content (AvgIpc) is 3.44. The van der Waals surface area contributed by atoms with Crippen LogP contribution >= 0.6 is 23.4 Å². The highest BCUT2D eigenvalue weighted by Gasteiger charge is 2.36. The number of halogens is 1. The molecule has 10 heteroatoms. The van der Waals surface area contributed by atoms with Crippen LogP contribution in [0.2, 0.25) is 5.02 Å². The Kier molecular flexibility index (Phi) is 6.52. The number of carbonyl (C=O) groups excluding carboxylic acids is 3. The molecule has 2 N–H and O–H groups in total. The predicted molar refractivity (Wildman–Crippen MR) is 121 cm³/mol. The smallest absolute Gasteiger partial charge is 0.241 e. The quantitative estimate of drug-likeness (QED) is 0.661. The molecule has 31 heavy (non-hydrogen) atoms. The summed E-state index contributed by atoms with van der Waals surface area (Å²) in [5.41, 5.74) is 2.58. The second-order valence-corrected chi connectivity index (χ2v) is 9.07. The van der Waals surface area contributed by atoms with Crippen molar-refractivity contribution in [1.29, 1.82) is 0 Å². The number of nitrogens with one attached hydrogen (secondary N) is 2. The summed E-state index contributed by atoms with van der Waals surface area (Å²) in [6.07, 6.45) is 0.984. The van der Waals surface area contributed by atoms with E-state index < -0.39 is 5.92 Å². The van der Waals surface area contributed by atoms with Crippen molar-refractivity contribution in [3.8, 4) is 0 Å². The van der Waals surface area contributed by atoms with Crippen LogP contribution in [0.4, 0.5) is 11.5 Å². The average molecular weight is 462 g/mol. The molecule has 164 valence electrons. The largest absolute Gasteiger partial charge is 0.355 e. The Labute approximate surface area is 189 Å². The number of thioether (sulfide) groups is 1. The van der Waals surface area contributed by atoms with Crippen LogP contribution in [0.15, 0.2) is 24.3 Å². The van der Waals surface area contributed by atoms with Crippen molar-refractivity contribution in [2.24, 2.45) is 5.92 Å². The molecule has 1 unspecified atom stereocenters. The van der Waals surface area contributed by atoms with E-state index >= 15 is 0 Å². The van der Waals surface area contributed by atoms with Crippen molar-refractivity contribution >= 4 is 52.6 Å². The molecule has 0 aliphatic carbocycles. The summed E-state index contributed by atoms with van der Waals surface area (Å²) < 4.78 is 1.57. The minimum Gasteiger partial charge on any atom is -0.355 e. The summed E-state index contributed by atoms with van der Waals surface area (Å²) in [7, 11) is 0. The van der Waals surface area contributed by atoms with Crippen LogP contribution < -0.4 is 15.5 Å². The second-order valence-electron chi connectivity index (χ2n) is 7.65. The van der Waals surface area contributed by atoms with Gasteiger partial charge in [0, 0.05) is 47.3 Å². The van der Waals surface area contributed by atoms with Crippen molar-refractivity contribution in [3.05, 3.63) is 40.5 Å². The van der Waals surface area contributed by atoms with E-state index in [-0.39, 0.29) is 30.7 Å². The number of benzene rings is 1. The Balaban J connectivity index is 1.47. The zero-order valence-electron chi connectivity index (χ0n) is 17.2. The molecular formula is C21H24ClN5O3S. The Hall–Kier alpha value is -2.52. The van der Waals surface area contributed by atoms with Gasteiger partial charge < -0.3 is 15.5 Å². The van der Waals surface area contributed by atoms with E-state index in [4.69, 9.17) is 11.6 Å². The van der Waals surface area contributed by atoms with Gasteiger partial charge >= 0.3 is 0 Å². The topological polar surface area (TPSA) is 96.3 Å². The maximum atomic E-state index is 13.0.